The second-order valence-corrected chi connectivity index (χ2v) is 6.36. The second-order valence-electron chi connectivity index (χ2n) is 4.61. The van der Waals surface area contributed by atoms with Gasteiger partial charge in [-0.15, -0.1) is 0 Å². The minimum Gasteiger partial charge on any atom is -0.392 e. The van der Waals surface area contributed by atoms with Gasteiger partial charge in [0.1, 0.15) is 0 Å². The highest BCUT2D eigenvalue weighted by atomic mass is 32.2. The van der Waals surface area contributed by atoms with Crippen molar-refractivity contribution in [2.45, 2.75) is 51.6 Å². The summed E-state index contributed by atoms with van der Waals surface area (Å²) in [6.45, 7) is 3.28. The van der Waals surface area contributed by atoms with Crippen molar-refractivity contribution >= 4 is 10.2 Å². The molecule has 0 bridgehead atoms. The van der Waals surface area contributed by atoms with Crippen LogP contribution in [0.4, 0.5) is 0 Å². The third-order valence-corrected chi connectivity index (χ3v) is 4.60. The number of aliphatic hydroxyl groups is 1. The van der Waals surface area contributed by atoms with Crippen LogP contribution in [0.3, 0.4) is 0 Å². The molecule has 17 heavy (non-hydrogen) atoms. The van der Waals surface area contributed by atoms with Crippen molar-refractivity contribution in [1.82, 2.24) is 9.03 Å². The zero-order valence-corrected chi connectivity index (χ0v) is 11.4. The summed E-state index contributed by atoms with van der Waals surface area (Å²) in [6.07, 6.45) is 4.96. The lowest BCUT2D eigenvalue weighted by Crippen LogP contribution is -2.43. The highest BCUT2D eigenvalue weighted by Crippen LogP contribution is 2.12. The van der Waals surface area contributed by atoms with Crippen LogP contribution < -0.4 is 4.72 Å². The summed E-state index contributed by atoms with van der Waals surface area (Å²) in [4.78, 5) is 0. The predicted octanol–water partition coefficient (Wildman–Crippen LogP) is 0.858. The SMILES string of the molecule is CCC[C@H](O)CNS(=O)(=O)N1CCCCCC1. The van der Waals surface area contributed by atoms with Crippen molar-refractivity contribution in [2.24, 2.45) is 0 Å². The molecule has 0 aliphatic carbocycles. The minimum atomic E-state index is -3.40. The summed E-state index contributed by atoms with van der Waals surface area (Å²) in [7, 11) is -3.40. The lowest BCUT2D eigenvalue weighted by Gasteiger charge is -2.21. The van der Waals surface area contributed by atoms with E-state index in [4.69, 9.17) is 0 Å². The molecule has 6 heteroatoms. The molecule has 1 aliphatic rings. The first-order valence-electron chi connectivity index (χ1n) is 6.49. The van der Waals surface area contributed by atoms with E-state index in [0.717, 1.165) is 32.1 Å². The lowest BCUT2D eigenvalue weighted by atomic mass is 10.2. The van der Waals surface area contributed by atoms with E-state index in [9.17, 15) is 13.5 Å². The third kappa shape index (κ3) is 5.33. The monoisotopic (exact) mass is 264 g/mol. The molecule has 0 aromatic rings. The van der Waals surface area contributed by atoms with Gasteiger partial charge in [0.25, 0.3) is 10.2 Å². The van der Waals surface area contributed by atoms with Gasteiger partial charge >= 0.3 is 0 Å². The highest BCUT2D eigenvalue weighted by Gasteiger charge is 2.22. The normalized spacial score (nSPS) is 21.1. The molecule has 1 fully saturated rings. The molecule has 0 radical (unpaired) electrons. The molecule has 5 nitrogen and oxygen atoms in total. The smallest absolute Gasteiger partial charge is 0.279 e. The van der Waals surface area contributed by atoms with Crippen molar-refractivity contribution in [3.05, 3.63) is 0 Å². The van der Waals surface area contributed by atoms with Gasteiger partial charge in [-0.05, 0) is 19.3 Å². The average molecular weight is 264 g/mol. The lowest BCUT2D eigenvalue weighted by molar-refractivity contribution is 0.166. The maximum Gasteiger partial charge on any atom is 0.279 e. The fourth-order valence-corrected chi connectivity index (χ4v) is 3.33. The molecule has 1 saturated heterocycles. The molecule has 0 saturated carbocycles. The Morgan fingerprint density at radius 3 is 2.35 bits per heavy atom. The summed E-state index contributed by atoms with van der Waals surface area (Å²) < 4.78 is 27.9. The van der Waals surface area contributed by atoms with Crippen molar-refractivity contribution < 1.29 is 13.5 Å². The number of hydrogen-bond donors (Lipinski definition) is 2. The Morgan fingerprint density at radius 1 is 1.24 bits per heavy atom. The van der Waals surface area contributed by atoms with Gasteiger partial charge in [0.2, 0.25) is 0 Å². The largest absolute Gasteiger partial charge is 0.392 e. The zero-order valence-electron chi connectivity index (χ0n) is 10.6. The van der Waals surface area contributed by atoms with Gasteiger partial charge in [0, 0.05) is 19.6 Å². The average Bonchev–Trinajstić information content (AvgIpc) is 2.56. The summed E-state index contributed by atoms with van der Waals surface area (Å²) in [5, 5.41) is 9.52. The van der Waals surface area contributed by atoms with E-state index in [1.165, 1.54) is 4.31 Å². The van der Waals surface area contributed by atoms with E-state index in [1.54, 1.807) is 0 Å². The van der Waals surface area contributed by atoms with Crippen LogP contribution in [0.15, 0.2) is 0 Å². The van der Waals surface area contributed by atoms with Gasteiger partial charge in [0.15, 0.2) is 0 Å². The van der Waals surface area contributed by atoms with Gasteiger partial charge in [-0.3, -0.25) is 0 Å². The quantitative estimate of drug-likeness (QED) is 0.747. The molecule has 0 aromatic carbocycles. The molecular formula is C11H24N2O3S. The van der Waals surface area contributed by atoms with Crippen molar-refractivity contribution in [3.8, 4) is 0 Å². The third-order valence-electron chi connectivity index (χ3n) is 3.03. The summed E-state index contributed by atoms with van der Waals surface area (Å²) in [5.41, 5.74) is 0. The molecule has 0 aromatic heterocycles. The van der Waals surface area contributed by atoms with Crippen LogP contribution >= 0.6 is 0 Å². The Morgan fingerprint density at radius 2 is 1.82 bits per heavy atom. The summed E-state index contributed by atoms with van der Waals surface area (Å²) in [6, 6.07) is 0. The van der Waals surface area contributed by atoms with Crippen LogP contribution in [-0.2, 0) is 10.2 Å². The molecule has 102 valence electrons. The molecule has 0 amide bonds. The van der Waals surface area contributed by atoms with Crippen molar-refractivity contribution in [2.75, 3.05) is 19.6 Å². The molecule has 1 atom stereocenters. The van der Waals surface area contributed by atoms with Crippen LogP contribution in [0.2, 0.25) is 0 Å². The van der Waals surface area contributed by atoms with Crippen LogP contribution in [0, 0.1) is 0 Å². The number of nitrogens with one attached hydrogen (secondary N) is 1. The first kappa shape index (κ1) is 14.9. The van der Waals surface area contributed by atoms with Crippen molar-refractivity contribution in [1.29, 1.82) is 0 Å². The molecule has 1 heterocycles. The fourth-order valence-electron chi connectivity index (χ4n) is 2.01. The number of nitrogens with zero attached hydrogens (tertiary/aromatic N) is 1. The Bertz CT molecular complexity index is 298. The Balaban J connectivity index is 2.43. The van der Waals surface area contributed by atoms with Gasteiger partial charge in [-0.1, -0.05) is 26.2 Å². The van der Waals surface area contributed by atoms with Gasteiger partial charge in [-0.2, -0.15) is 17.4 Å². The molecule has 0 spiro atoms. The van der Waals surface area contributed by atoms with E-state index in [2.05, 4.69) is 4.72 Å². The minimum absolute atomic E-state index is 0.118. The van der Waals surface area contributed by atoms with Crippen LogP contribution in [0.25, 0.3) is 0 Å². The van der Waals surface area contributed by atoms with Gasteiger partial charge in [0.05, 0.1) is 6.10 Å². The van der Waals surface area contributed by atoms with E-state index in [0.29, 0.717) is 19.5 Å². The molecule has 1 aliphatic heterocycles. The van der Waals surface area contributed by atoms with Crippen LogP contribution in [0.1, 0.15) is 45.4 Å². The highest BCUT2D eigenvalue weighted by molar-refractivity contribution is 7.87. The van der Waals surface area contributed by atoms with Gasteiger partial charge in [-0.25, -0.2) is 0 Å². The Kier molecular flexibility index (Phi) is 6.40. The van der Waals surface area contributed by atoms with E-state index in [1.807, 2.05) is 6.92 Å². The Labute approximate surface area is 104 Å². The standard InChI is InChI=1S/C11H24N2O3S/c1-2-7-11(14)10-12-17(15,16)13-8-5-3-4-6-9-13/h11-12,14H,2-10H2,1H3/t11-/m0/s1. The molecule has 0 unspecified atom stereocenters. The second kappa shape index (κ2) is 7.31. The van der Waals surface area contributed by atoms with E-state index < -0.39 is 16.3 Å². The van der Waals surface area contributed by atoms with Crippen LogP contribution in [0.5, 0.6) is 0 Å². The van der Waals surface area contributed by atoms with Crippen molar-refractivity contribution in [3.63, 3.8) is 0 Å². The molecule has 2 N–H and O–H groups in total. The number of hydrogen-bond acceptors (Lipinski definition) is 3. The van der Waals surface area contributed by atoms with E-state index >= 15 is 0 Å². The maximum absolute atomic E-state index is 12.0. The summed E-state index contributed by atoms with van der Waals surface area (Å²) in [5.74, 6) is 0. The first-order chi connectivity index (χ1) is 8.06. The zero-order chi connectivity index (χ0) is 12.7. The molecule has 1 rings (SSSR count). The first-order valence-corrected chi connectivity index (χ1v) is 7.93. The topological polar surface area (TPSA) is 69.6 Å². The molecular weight excluding hydrogens is 240 g/mol. The fraction of sp³-hybridized carbons (Fsp3) is 1.00. The predicted molar refractivity (Wildman–Crippen MR) is 67.9 cm³/mol. The number of aliphatic hydroxyl groups excluding tert-OH is 1. The number of rotatable bonds is 6. The summed E-state index contributed by atoms with van der Waals surface area (Å²) >= 11 is 0. The maximum atomic E-state index is 12.0. The van der Waals surface area contributed by atoms with Gasteiger partial charge < -0.3 is 5.11 Å². The van der Waals surface area contributed by atoms with E-state index in [-0.39, 0.29) is 6.54 Å². The van der Waals surface area contributed by atoms with Crippen LogP contribution in [-0.4, -0.2) is 43.6 Å². The Hall–Kier alpha value is -0.170.